The molecule has 0 aliphatic rings. The third-order valence-electron chi connectivity index (χ3n) is 5.23. The molecule has 4 aromatic rings. The van der Waals surface area contributed by atoms with Crippen LogP contribution in [0.1, 0.15) is 28.1 Å². The van der Waals surface area contributed by atoms with Gasteiger partial charge in [-0.25, -0.2) is 0 Å². The summed E-state index contributed by atoms with van der Waals surface area (Å²) in [6.45, 7) is 1.89. The van der Waals surface area contributed by atoms with Crippen molar-refractivity contribution < 1.29 is 27.2 Å². The van der Waals surface area contributed by atoms with Crippen molar-refractivity contribution in [1.82, 2.24) is 10.1 Å². The van der Waals surface area contributed by atoms with Crippen molar-refractivity contribution in [3.63, 3.8) is 0 Å². The first-order chi connectivity index (χ1) is 17.3. The number of aromatic nitrogens is 2. The molecule has 0 fully saturated rings. The SMILES string of the molecule is COc1cc(/C=C(\C#N)c2nc(-c3ccc(C)cc3)no2)ccc1OCc1cccc(C(F)(F)F)c1. The van der Waals surface area contributed by atoms with E-state index in [1.54, 1.807) is 30.3 Å². The Morgan fingerprint density at radius 3 is 2.53 bits per heavy atom. The number of benzene rings is 3. The van der Waals surface area contributed by atoms with E-state index in [4.69, 9.17) is 14.0 Å². The maximum absolute atomic E-state index is 12.9. The first-order valence-corrected chi connectivity index (χ1v) is 10.8. The molecule has 0 radical (unpaired) electrons. The Kier molecular flexibility index (Phi) is 7.06. The predicted octanol–water partition coefficient (Wildman–Crippen LogP) is 6.72. The number of methoxy groups -OCH3 is 1. The molecule has 9 heteroatoms. The number of aryl methyl sites for hydroxylation is 1. The van der Waals surface area contributed by atoms with Crippen LogP contribution in [0.25, 0.3) is 23.0 Å². The minimum Gasteiger partial charge on any atom is -0.493 e. The standard InChI is InChI=1S/C27H20F3N3O3/c1-17-6-9-20(10-7-17)25-32-26(36-33-25)21(15-31)12-18-8-11-23(24(14-18)34-2)35-16-19-4-3-5-22(13-19)27(28,29)30/h3-14H,16H2,1-2H3/b21-12+. The highest BCUT2D eigenvalue weighted by molar-refractivity contribution is 5.87. The quantitative estimate of drug-likeness (QED) is 0.267. The Labute approximate surface area is 205 Å². The summed E-state index contributed by atoms with van der Waals surface area (Å²) in [7, 11) is 1.44. The summed E-state index contributed by atoms with van der Waals surface area (Å²) in [6, 6.07) is 19.5. The van der Waals surface area contributed by atoms with E-state index in [-0.39, 0.29) is 18.1 Å². The molecule has 6 nitrogen and oxygen atoms in total. The summed E-state index contributed by atoms with van der Waals surface area (Å²) in [4.78, 5) is 4.32. The molecule has 0 amide bonds. The van der Waals surface area contributed by atoms with Crippen LogP contribution in [0.2, 0.25) is 0 Å². The number of nitrogens with zero attached hydrogens (tertiary/aromatic N) is 3. The second-order valence-corrected chi connectivity index (χ2v) is 7.86. The third kappa shape index (κ3) is 5.73. The van der Waals surface area contributed by atoms with Gasteiger partial charge in [0, 0.05) is 5.56 Å². The highest BCUT2D eigenvalue weighted by atomic mass is 19.4. The number of alkyl halides is 3. The van der Waals surface area contributed by atoms with Crippen molar-refractivity contribution in [2.45, 2.75) is 19.7 Å². The van der Waals surface area contributed by atoms with E-state index < -0.39 is 11.7 Å². The first-order valence-electron chi connectivity index (χ1n) is 10.8. The lowest BCUT2D eigenvalue weighted by atomic mass is 10.1. The second kappa shape index (κ2) is 10.4. The van der Waals surface area contributed by atoms with Crippen LogP contribution >= 0.6 is 0 Å². The fourth-order valence-corrected chi connectivity index (χ4v) is 3.35. The molecule has 0 atom stereocenters. The van der Waals surface area contributed by atoms with Gasteiger partial charge in [-0.15, -0.1) is 0 Å². The summed E-state index contributed by atoms with van der Waals surface area (Å²) >= 11 is 0. The molecule has 0 unspecified atom stereocenters. The number of nitriles is 1. The lowest BCUT2D eigenvalue weighted by Crippen LogP contribution is -2.06. The van der Waals surface area contributed by atoms with Gasteiger partial charge in [0.05, 0.1) is 12.7 Å². The fraction of sp³-hybridized carbons (Fsp3) is 0.148. The van der Waals surface area contributed by atoms with E-state index in [9.17, 15) is 18.4 Å². The van der Waals surface area contributed by atoms with E-state index in [1.807, 2.05) is 31.2 Å². The lowest BCUT2D eigenvalue weighted by molar-refractivity contribution is -0.137. The number of rotatable bonds is 7. The normalized spacial score (nSPS) is 11.7. The van der Waals surface area contributed by atoms with Gasteiger partial charge in [0.25, 0.3) is 5.89 Å². The van der Waals surface area contributed by atoms with E-state index in [1.165, 1.54) is 13.2 Å². The van der Waals surface area contributed by atoms with Crippen LogP contribution in [0.15, 0.2) is 71.3 Å². The molecule has 0 bridgehead atoms. The van der Waals surface area contributed by atoms with Crippen LogP contribution in [0, 0.1) is 18.3 Å². The number of ether oxygens (including phenoxy) is 2. The monoisotopic (exact) mass is 491 g/mol. The maximum Gasteiger partial charge on any atom is 0.416 e. The minimum atomic E-state index is -4.43. The zero-order valence-electron chi connectivity index (χ0n) is 19.3. The zero-order chi connectivity index (χ0) is 25.7. The number of hydrogen-bond acceptors (Lipinski definition) is 6. The van der Waals surface area contributed by atoms with Crippen LogP contribution in [-0.4, -0.2) is 17.3 Å². The molecule has 1 heterocycles. The van der Waals surface area contributed by atoms with Crippen molar-refractivity contribution in [1.29, 1.82) is 5.26 Å². The summed E-state index contributed by atoms with van der Waals surface area (Å²) in [5.74, 6) is 1.11. The molecule has 0 N–H and O–H groups in total. The van der Waals surface area contributed by atoms with Gasteiger partial charge < -0.3 is 14.0 Å². The molecule has 182 valence electrons. The summed E-state index contributed by atoms with van der Waals surface area (Å²) in [5, 5.41) is 13.6. The Bertz CT molecular complexity index is 1440. The second-order valence-electron chi connectivity index (χ2n) is 7.86. The van der Waals surface area contributed by atoms with Gasteiger partial charge >= 0.3 is 6.18 Å². The van der Waals surface area contributed by atoms with Crippen LogP contribution in [-0.2, 0) is 12.8 Å². The van der Waals surface area contributed by atoms with Crippen molar-refractivity contribution in [3.05, 3.63) is 94.9 Å². The highest BCUT2D eigenvalue weighted by Gasteiger charge is 2.30. The Morgan fingerprint density at radius 1 is 1.06 bits per heavy atom. The van der Waals surface area contributed by atoms with E-state index >= 15 is 0 Å². The van der Waals surface area contributed by atoms with E-state index in [0.29, 0.717) is 28.5 Å². The molecule has 36 heavy (non-hydrogen) atoms. The molecule has 4 rings (SSSR count). The van der Waals surface area contributed by atoms with Crippen LogP contribution in [0.4, 0.5) is 13.2 Å². The number of hydrogen-bond donors (Lipinski definition) is 0. The summed E-state index contributed by atoms with van der Waals surface area (Å²) in [6.07, 6.45) is -2.87. The van der Waals surface area contributed by atoms with Gasteiger partial charge in [-0.1, -0.05) is 53.2 Å². The predicted molar refractivity (Wildman–Crippen MR) is 127 cm³/mol. The maximum atomic E-state index is 12.9. The number of halogens is 3. The molecule has 0 aliphatic carbocycles. The summed E-state index contributed by atoms with van der Waals surface area (Å²) in [5.41, 5.74) is 2.23. The molecule has 0 spiro atoms. The van der Waals surface area contributed by atoms with Gasteiger partial charge in [0.1, 0.15) is 18.2 Å². The van der Waals surface area contributed by atoms with Gasteiger partial charge in [-0.2, -0.15) is 23.4 Å². The van der Waals surface area contributed by atoms with Gasteiger partial charge in [-0.3, -0.25) is 0 Å². The molecule has 1 aromatic heterocycles. The van der Waals surface area contributed by atoms with Gasteiger partial charge in [0.15, 0.2) is 11.5 Å². The largest absolute Gasteiger partial charge is 0.493 e. The average molecular weight is 491 g/mol. The Morgan fingerprint density at radius 2 is 1.83 bits per heavy atom. The Balaban J connectivity index is 1.53. The van der Waals surface area contributed by atoms with E-state index in [2.05, 4.69) is 16.2 Å². The van der Waals surface area contributed by atoms with Gasteiger partial charge in [0.2, 0.25) is 5.82 Å². The first kappa shape index (κ1) is 24.5. The topological polar surface area (TPSA) is 81.2 Å². The molecule has 3 aromatic carbocycles. The van der Waals surface area contributed by atoms with Crippen molar-refractivity contribution in [2.75, 3.05) is 7.11 Å². The van der Waals surface area contributed by atoms with Crippen LogP contribution in [0.5, 0.6) is 11.5 Å². The fourth-order valence-electron chi connectivity index (χ4n) is 3.35. The van der Waals surface area contributed by atoms with E-state index in [0.717, 1.165) is 23.3 Å². The van der Waals surface area contributed by atoms with Crippen LogP contribution in [0.3, 0.4) is 0 Å². The lowest BCUT2D eigenvalue weighted by Gasteiger charge is -2.13. The van der Waals surface area contributed by atoms with Crippen molar-refractivity contribution >= 4 is 11.6 Å². The van der Waals surface area contributed by atoms with Crippen LogP contribution < -0.4 is 9.47 Å². The van der Waals surface area contributed by atoms with Gasteiger partial charge in [-0.05, 0) is 48.4 Å². The molecular weight excluding hydrogens is 471 g/mol. The number of allylic oxidation sites excluding steroid dienone is 1. The molecular formula is C27H20F3N3O3. The highest BCUT2D eigenvalue weighted by Crippen LogP contribution is 2.32. The summed E-state index contributed by atoms with van der Waals surface area (Å²) < 4.78 is 55.2. The molecule has 0 saturated carbocycles. The van der Waals surface area contributed by atoms with Crippen molar-refractivity contribution in [3.8, 4) is 29.0 Å². The molecule has 0 aliphatic heterocycles. The van der Waals surface area contributed by atoms with Crippen molar-refractivity contribution in [2.24, 2.45) is 0 Å². The zero-order valence-corrected chi connectivity index (χ0v) is 19.3. The Hall–Kier alpha value is -4.58. The third-order valence-corrected chi connectivity index (χ3v) is 5.23. The average Bonchev–Trinajstić information content (AvgIpc) is 3.36. The molecule has 0 saturated heterocycles. The smallest absolute Gasteiger partial charge is 0.416 e. The minimum absolute atomic E-state index is 0.0666.